The van der Waals surface area contributed by atoms with Crippen molar-refractivity contribution in [3.05, 3.63) is 113 Å². The van der Waals surface area contributed by atoms with Gasteiger partial charge in [-0.1, -0.05) is 72.1 Å². The summed E-state index contributed by atoms with van der Waals surface area (Å²) in [6.45, 7) is 0. The number of para-hydroxylation sites is 4. The Morgan fingerprint density at radius 3 is 2.26 bits per heavy atom. The molecule has 5 nitrogen and oxygen atoms in total. The van der Waals surface area contributed by atoms with Crippen LogP contribution in [-0.4, -0.2) is 16.6 Å². The summed E-state index contributed by atoms with van der Waals surface area (Å²) >= 11 is 4.17. The Labute approximate surface area is 237 Å². The Morgan fingerprint density at radius 1 is 0.923 bits per heavy atom. The number of hydrogen-bond acceptors (Lipinski definition) is 7. The number of carbonyl (C=O) groups excluding carboxylic acids is 1. The number of rotatable bonds is 6. The normalized spacial score (nSPS) is 12.8. The molecule has 2 heterocycles. The van der Waals surface area contributed by atoms with E-state index in [4.69, 9.17) is 0 Å². The van der Waals surface area contributed by atoms with Crippen LogP contribution in [0.25, 0.3) is 15.8 Å². The maximum absolute atomic E-state index is 14.6. The first-order chi connectivity index (χ1) is 19.1. The fraction of sp³-hybridized carbons (Fsp3) is 0.0333. The molecule has 0 unspecified atom stereocenters. The van der Waals surface area contributed by atoms with Gasteiger partial charge in [-0.15, -0.1) is 11.3 Å². The first-order valence-electron chi connectivity index (χ1n) is 12.0. The second-order valence-corrected chi connectivity index (χ2v) is 11.6. The molecule has 190 valence electrons. The van der Waals surface area contributed by atoms with Crippen LogP contribution in [0.5, 0.6) is 0 Å². The van der Waals surface area contributed by atoms with Crippen LogP contribution < -0.4 is 10.2 Å². The number of nitriles is 1. The molecule has 0 saturated carbocycles. The second-order valence-electron chi connectivity index (χ2n) is 8.46. The highest BCUT2D eigenvalue weighted by atomic mass is 32.2. The van der Waals surface area contributed by atoms with Gasteiger partial charge in [-0.25, -0.2) is 9.37 Å². The molecule has 4 aromatic carbocycles. The van der Waals surface area contributed by atoms with Crippen molar-refractivity contribution in [3.63, 3.8) is 0 Å². The molecular formula is C30H19FN4OS3. The minimum atomic E-state index is -0.459. The van der Waals surface area contributed by atoms with E-state index in [1.54, 1.807) is 34.9 Å². The number of nitrogens with zero attached hydrogens (tertiary/aromatic N) is 3. The molecular weight excluding hydrogens is 548 g/mol. The number of hydrogen-bond donors (Lipinski definition) is 1. The maximum Gasteiger partial charge on any atom is 0.242 e. The highest BCUT2D eigenvalue weighted by Crippen LogP contribution is 2.48. The number of fused-ring (bicyclic) bond motifs is 3. The van der Waals surface area contributed by atoms with E-state index in [9.17, 15) is 14.4 Å². The number of amides is 1. The molecule has 0 atom stereocenters. The quantitative estimate of drug-likeness (QED) is 0.209. The van der Waals surface area contributed by atoms with Gasteiger partial charge in [0.15, 0.2) is 0 Å². The van der Waals surface area contributed by atoms with E-state index in [0.717, 1.165) is 43.1 Å². The molecule has 1 amide bonds. The summed E-state index contributed by atoms with van der Waals surface area (Å²) in [4.78, 5) is 22.1. The molecule has 0 fully saturated rings. The van der Waals surface area contributed by atoms with Gasteiger partial charge in [0.05, 0.1) is 38.1 Å². The van der Waals surface area contributed by atoms with Gasteiger partial charge in [-0.05, 0) is 48.5 Å². The summed E-state index contributed by atoms with van der Waals surface area (Å²) in [5, 5.41) is 14.2. The molecule has 0 aliphatic carbocycles. The number of allylic oxidation sites excluding steroid dienone is 1. The lowest BCUT2D eigenvalue weighted by molar-refractivity contribution is -0.115. The third kappa shape index (κ3) is 5.02. The van der Waals surface area contributed by atoms with E-state index >= 15 is 0 Å². The monoisotopic (exact) mass is 566 g/mol. The van der Waals surface area contributed by atoms with Crippen LogP contribution in [0.1, 0.15) is 5.01 Å². The van der Waals surface area contributed by atoms with Gasteiger partial charge in [-0.2, -0.15) is 5.26 Å². The van der Waals surface area contributed by atoms with Crippen LogP contribution in [0.2, 0.25) is 0 Å². The number of nitrogens with one attached hydrogen (secondary N) is 1. The molecule has 1 aliphatic rings. The molecule has 9 heteroatoms. The fourth-order valence-electron chi connectivity index (χ4n) is 4.20. The summed E-state index contributed by atoms with van der Waals surface area (Å²) in [6, 6.07) is 31.7. The Kier molecular flexibility index (Phi) is 7.07. The number of anilines is 3. The molecule has 0 saturated heterocycles. The van der Waals surface area contributed by atoms with Crippen LogP contribution in [0, 0.1) is 17.1 Å². The van der Waals surface area contributed by atoms with Gasteiger partial charge in [0.25, 0.3) is 0 Å². The summed E-state index contributed by atoms with van der Waals surface area (Å²) in [5.41, 5.74) is 2.87. The number of thiazole rings is 1. The van der Waals surface area contributed by atoms with E-state index in [-0.39, 0.29) is 22.9 Å². The molecule has 39 heavy (non-hydrogen) atoms. The standard InChI is InChI=1S/C30H19FN4OS3/c31-20-9-1-2-10-21(20)33-29(19(17-32)30-34-22-11-3-6-14-25(22)39-30)37-18-28(36)35-23-12-4-7-15-26(23)38-27-16-8-5-13-24(27)35/h1-16,33H,18H2/b29-19-. The number of thioether (sulfide) groups is 1. The zero-order valence-corrected chi connectivity index (χ0v) is 22.7. The average molecular weight is 567 g/mol. The molecule has 0 spiro atoms. The van der Waals surface area contributed by atoms with E-state index in [1.807, 2.05) is 72.8 Å². The Balaban J connectivity index is 1.37. The van der Waals surface area contributed by atoms with Crippen LogP contribution in [-0.2, 0) is 4.79 Å². The van der Waals surface area contributed by atoms with Crippen molar-refractivity contribution in [3.8, 4) is 6.07 Å². The number of benzene rings is 4. The lowest BCUT2D eigenvalue weighted by Crippen LogP contribution is -2.30. The maximum atomic E-state index is 14.6. The summed E-state index contributed by atoms with van der Waals surface area (Å²) < 4.78 is 15.6. The minimum absolute atomic E-state index is 0.0141. The van der Waals surface area contributed by atoms with Crippen molar-refractivity contribution in [2.45, 2.75) is 9.79 Å². The first-order valence-corrected chi connectivity index (χ1v) is 14.6. The lowest BCUT2D eigenvalue weighted by atomic mass is 10.2. The molecule has 1 aromatic heterocycles. The van der Waals surface area contributed by atoms with Crippen molar-refractivity contribution in [2.75, 3.05) is 16.0 Å². The van der Waals surface area contributed by atoms with E-state index in [1.165, 1.54) is 17.4 Å². The fourth-order valence-corrected chi connectivity index (χ4v) is 7.16. The first kappa shape index (κ1) is 25.2. The summed E-state index contributed by atoms with van der Waals surface area (Å²) in [6.07, 6.45) is 0. The predicted molar refractivity (Wildman–Crippen MR) is 159 cm³/mol. The lowest BCUT2D eigenvalue weighted by Gasteiger charge is -2.31. The molecule has 1 aliphatic heterocycles. The van der Waals surface area contributed by atoms with Crippen molar-refractivity contribution in [1.29, 1.82) is 5.26 Å². The Hall–Kier alpha value is -4.10. The van der Waals surface area contributed by atoms with Gasteiger partial charge in [0.2, 0.25) is 5.91 Å². The van der Waals surface area contributed by atoms with Gasteiger partial charge in [0, 0.05) is 9.79 Å². The third-order valence-electron chi connectivity index (χ3n) is 5.99. The molecule has 6 rings (SSSR count). The molecule has 0 radical (unpaired) electrons. The average Bonchev–Trinajstić information content (AvgIpc) is 3.39. The number of halogens is 1. The van der Waals surface area contributed by atoms with Gasteiger partial charge in [0.1, 0.15) is 22.5 Å². The van der Waals surface area contributed by atoms with E-state index in [0.29, 0.717) is 10.0 Å². The third-order valence-corrected chi connectivity index (χ3v) is 9.16. The van der Waals surface area contributed by atoms with Crippen molar-refractivity contribution < 1.29 is 9.18 Å². The van der Waals surface area contributed by atoms with E-state index in [2.05, 4.69) is 16.4 Å². The minimum Gasteiger partial charge on any atom is -0.347 e. The largest absolute Gasteiger partial charge is 0.347 e. The highest BCUT2D eigenvalue weighted by Gasteiger charge is 2.28. The summed E-state index contributed by atoms with van der Waals surface area (Å²) in [5.74, 6) is -0.603. The summed E-state index contributed by atoms with van der Waals surface area (Å²) in [7, 11) is 0. The zero-order chi connectivity index (χ0) is 26.8. The Bertz CT molecular complexity index is 1710. The van der Waals surface area contributed by atoms with Crippen LogP contribution in [0.4, 0.5) is 21.5 Å². The Morgan fingerprint density at radius 2 is 1.56 bits per heavy atom. The smallest absolute Gasteiger partial charge is 0.242 e. The topological polar surface area (TPSA) is 69.0 Å². The van der Waals surface area contributed by atoms with Crippen LogP contribution in [0.15, 0.2) is 112 Å². The van der Waals surface area contributed by atoms with Crippen molar-refractivity contribution in [1.82, 2.24) is 4.98 Å². The number of carbonyl (C=O) groups is 1. The SMILES string of the molecule is N#C/C(=C(\Nc1ccccc1F)SCC(=O)N1c2ccccc2Sc2ccccc21)c1nc2ccccc2s1. The van der Waals surface area contributed by atoms with Crippen molar-refractivity contribution in [2.24, 2.45) is 0 Å². The van der Waals surface area contributed by atoms with Gasteiger partial charge >= 0.3 is 0 Å². The predicted octanol–water partition coefficient (Wildman–Crippen LogP) is 8.30. The van der Waals surface area contributed by atoms with Crippen LogP contribution in [0.3, 0.4) is 0 Å². The number of aromatic nitrogens is 1. The van der Waals surface area contributed by atoms with Gasteiger partial charge < -0.3 is 5.32 Å². The molecule has 1 N–H and O–H groups in total. The van der Waals surface area contributed by atoms with Gasteiger partial charge in [-0.3, -0.25) is 9.69 Å². The zero-order valence-electron chi connectivity index (χ0n) is 20.3. The van der Waals surface area contributed by atoms with E-state index < -0.39 is 5.82 Å². The second kappa shape index (κ2) is 10.9. The molecule has 0 bridgehead atoms. The van der Waals surface area contributed by atoms with Crippen molar-refractivity contribution >= 4 is 73.6 Å². The molecule has 5 aromatic rings. The van der Waals surface area contributed by atoms with Crippen LogP contribution >= 0.6 is 34.9 Å². The highest BCUT2D eigenvalue weighted by molar-refractivity contribution is 8.04.